The summed E-state index contributed by atoms with van der Waals surface area (Å²) >= 11 is 0. The molecule has 21 heavy (non-hydrogen) atoms. The Morgan fingerprint density at radius 2 is 2.14 bits per heavy atom. The second-order valence-electron chi connectivity index (χ2n) is 5.77. The van der Waals surface area contributed by atoms with Gasteiger partial charge in [0.05, 0.1) is 25.2 Å². The van der Waals surface area contributed by atoms with Crippen molar-refractivity contribution in [2.24, 2.45) is 0 Å². The molecule has 0 amide bonds. The van der Waals surface area contributed by atoms with Crippen LogP contribution >= 0.6 is 0 Å². The molecule has 3 rings (SSSR count). The van der Waals surface area contributed by atoms with Crippen molar-refractivity contribution in [1.29, 1.82) is 5.26 Å². The first-order chi connectivity index (χ1) is 10.4. The maximum atomic E-state index is 8.65. The van der Waals surface area contributed by atoms with Crippen LogP contribution in [0.25, 0.3) is 0 Å². The Kier molecular flexibility index (Phi) is 4.74. The second kappa shape index (κ2) is 6.93. The lowest BCUT2D eigenvalue weighted by atomic mass is 10.1. The predicted molar refractivity (Wildman–Crippen MR) is 80.2 cm³/mol. The molecule has 4 heteroatoms. The average molecular weight is 286 g/mol. The third kappa shape index (κ3) is 3.55. The van der Waals surface area contributed by atoms with Gasteiger partial charge in [0.15, 0.2) is 0 Å². The minimum absolute atomic E-state index is 0.448. The summed E-state index contributed by atoms with van der Waals surface area (Å²) in [6.07, 6.45) is 4.66. The van der Waals surface area contributed by atoms with Gasteiger partial charge in [0.2, 0.25) is 0 Å². The van der Waals surface area contributed by atoms with Gasteiger partial charge >= 0.3 is 0 Å². The van der Waals surface area contributed by atoms with E-state index >= 15 is 0 Å². The van der Waals surface area contributed by atoms with Gasteiger partial charge < -0.3 is 9.47 Å². The van der Waals surface area contributed by atoms with E-state index in [0.717, 1.165) is 31.0 Å². The van der Waals surface area contributed by atoms with E-state index in [1.165, 1.54) is 19.3 Å². The lowest BCUT2D eigenvalue weighted by molar-refractivity contribution is -0.0583. The largest absolute Gasteiger partial charge is 0.492 e. The van der Waals surface area contributed by atoms with Crippen LogP contribution in [-0.4, -0.2) is 43.3 Å². The molecule has 0 bridgehead atoms. The van der Waals surface area contributed by atoms with Gasteiger partial charge in [0.25, 0.3) is 0 Å². The number of ether oxygens (including phenoxy) is 2. The molecule has 1 aromatic rings. The molecule has 112 valence electrons. The molecular formula is C17H22N2O2. The van der Waals surface area contributed by atoms with E-state index in [1.54, 1.807) is 0 Å². The van der Waals surface area contributed by atoms with Crippen molar-refractivity contribution >= 4 is 0 Å². The Hall–Kier alpha value is -1.57. The Morgan fingerprint density at radius 3 is 2.95 bits per heavy atom. The molecule has 2 atom stereocenters. The van der Waals surface area contributed by atoms with Crippen LogP contribution in [0.1, 0.15) is 24.8 Å². The van der Waals surface area contributed by atoms with E-state index in [0.29, 0.717) is 25.2 Å². The zero-order chi connectivity index (χ0) is 14.5. The van der Waals surface area contributed by atoms with Crippen molar-refractivity contribution in [3.8, 4) is 11.8 Å². The van der Waals surface area contributed by atoms with Crippen molar-refractivity contribution in [2.75, 3.05) is 26.3 Å². The summed E-state index contributed by atoms with van der Waals surface area (Å²) < 4.78 is 11.6. The Labute approximate surface area is 126 Å². The smallest absolute Gasteiger partial charge is 0.119 e. The summed E-state index contributed by atoms with van der Waals surface area (Å²) in [5.41, 5.74) is 1.03. The van der Waals surface area contributed by atoms with Crippen molar-refractivity contribution < 1.29 is 9.47 Å². The number of hydrogen-bond acceptors (Lipinski definition) is 4. The van der Waals surface area contributed by atoms with Gasteiger partial charge in [-0.1, -0.05) is 12.1 Å². The monoisotopic (exact) mass is 286 g/mol. The number of nitriles is 1. The maximum absolute atomic E-state index is 8.65. The highest BCUT2D eigenvalue weighted by Gasteiger charge is 2.35. The number of fused-ring (bicyclic) bond motifs is 1. The Morgan fingerprint density at radius 1 is 1.29 bits per heavy atom. The summed E-state index contributed by atoms with van der Waals surface area (Å²) in [5.74, 6) is 0.882. The third-order valence-corrected chi connectivity index (χ3v) is 4.45. The second-order valence-corrected chi connectivity index (χ2v) is 5.77. The SMILES string of the molecule is N#CCc1ccc(OCCN2CCOC3CCCC32)cc1. The van der Waals surface area contributed by atoms with Crippen LogP contribution in [0.4, 0.5) is 0 Å². The van der Waals surface area contributed by atoms with Crippen molar-refractivity contribution in [3.63, 3.8) is 0 Å². The molecule has 0 aromatic heterocycles. The van der Waals surface area contributed by atoms with Gasteiger partial charge in [-0.05, 0) is 37.0 Å². The Bertz CT molecular complexity index is 495. The highest BCUT2D eigenvalue weighted by atomic mass is 16.5. The van der Waals surface area contributed by atoms with E-state index < -0.39 is 0 Å². The van der Waals surface area contributed by atoms with E-state index in [4.69, 9.17) is 14.7 Å². The summed E-state index contributed by atoms with van der Waals surface area (Å²) in [6, 6.07) is 10.6. The van der Waals surface area contributed by atoms with Gasteiger partial charge in [-0.2, -0.15) is 5.26 Å². The first kappa shape index (κ1) is 14.4. The summed E-state index contributed by atoms with van der Waals surface area (Å²) in [7, 11) is 0. The molecule has 0 spiro atoms. The molecule has 2 unspecified atom stereocenters. The van der Waals surface area contributed by atoms with E-state index in [-0.39, 0.29) is 0 Å². The molecule has 0 radical (unpaired) electrons. The summed E-state index contributed by atoms with van der Waals surface area (Å²) in [4.78, 5) is 2.52. The first-order valence-electron chi connectivity index (χ1n) is 7.81. The maximum Gasteiger partial charge on any atom is 0.119 e. The summed E-state index contributed by atoms with van der Waals surface area (Å²) in [6.45, 7) is 3.54. The van der Waals surface area contributed by atoms with E-state index in [2.05, 4.69) is 11.0 Å². The van der Waals surface area contributed by atoms with Gasteiger partial charge in [-0.25, -0.2) is 0 Å². The number of benzene rings is 1. The lowest BCUT2D eigenvalue weighted by Gasteiger charge is -2.37. The highest BCUT2D eigenvalue weighted by molar-refractivity contribution is 5.28. The molecule has 1 aromatic carbocycles. The van der Waals surface area contributed by atoms with Crippen LogP contribution in [0, 0.1) is 11.3 Å². The van der Waals surface area contributed by atoms with Crippen LogP contribution in [0.3, 0.4) is 0 Å². The standard InChI is InChI=1S/C17H22N2O2/c18-9-8-14-4-6-15(7-5-14)20-12-10-19-11-13-21-17-3-1-2-16(17)19/h4-7,16-17H,1-3,8,10-13H2. The topological polar surface area (TPSA) is 45.5 Å². The molecule has 2 aliphatic rings. The summed E-state index contributed by atoms with van der Waals surface area (Å²) in [5, 5.41) is 8.65. The Balaban J connectivity index is 1.46. The number of morpholine rings is 1. The molecule has 1 aliphatic heterocycles. The fraction of sp³-hybridized carbons (Fsp3) is 0.588. The van der Waals surface area contributed by atoms with Crippen LogP contribution in [0.5, 0.6) is 5.75 Å². The lowest BCUT2D eigenvalue weighted by Crippen LogP contribution is -2.49. The van der Waals surface area contributed by atoms with E-state index in [1.807, 2.05) is 24.3 Å². The van der Waals surface area contributed by atoms with Crippen molar-refractivity contribution in [2.45, 2.75) is 37.8 Å². The average Bonchev–Trinajstić information content (AvgIpc) is 2.99. The quantitative estimate of drug-likeness (QED) is 0.833. The molecular weight excluding hydrogens is 264 g/mol. The fourth-order valence-corrected chi connectivity index (χ4v) is 3.36. The first-order valence-corrected chi connectivity index (χ1v) is 7.81. The minimum Gasteiger partial charge on any atom is -0.492 e. The minimum atomic E-state index is 0.448. The third-order valence-electron chi connectivity index (χ3n) is 4.45. The van der Waals surface area contributed by atoms with Crippen molar-refractivity contribution in [1.82, 2.24) is 4.90 Å². The number of rotatable bonds is 5. The fourth-order valence-electron chi connectivity index (χ4n) is 3.36. The van der Waals surface area contributed by atoms with Crippen LogP contribution in [0.2, 0.25) is 0 Å². The zero-order valence-corrected chi connectivity index (χ0v) is 12.3. The number of hydrogen-bond donors (Lipinski definition) is 0. The molecule has 4 nitrogen and oxygen atoms in total. The van der Waals surface area contributed by atoms with Crippen molar-refractivity contribution in [3.05, 3.63) is 29.8 Å². The molecule has 2 fully saturated rings. The van der Waals surface area contributed by atoms with E-state index in [9.17, 15) is 0 Å². The molecule has 1 saturated heterocycles. The number of nitrogens with zero attached hydrogens (tertiary/aromatic N) is 2. The van der Waals surface area contributed by atoms with Gasteiger partial charge in [0, 0.05) is 19.1 Å². The normalized spacial score (nSPS) is 25.3. The predicted octanol–water partition coefficient (Wildman–Crippen LogP) is 2.38. The molecule has 1 saturated carbocycles. The van der Waals surface area contributed by atoms with Crippen LogP contribution in [-0.2, 0) is 11.2 Å². The highest BCUT2D eigenvalue weighted by Crippen LogP contribution is 2.29. The molecule has 1 heterocycles. The van der Waals surface area contributed by atoms with Crippen LogP contribution < -0.4 is 4.74 Å². The van der Waals surface area contributed by atoms with Crippen LogP contribution in [0.15, 0.2) is 24.3 Å². The van der Waals surface area contributed by atoms with Gasteiger partial charge in [0.1, 0.15) is 12.4 Å². The van der Waals surface area contributed by atoms with Gasteiger partial charge in [-0.3, -0.25) is 4.90 Å². The zero-order valence-electron chi connectivity index (χ0n) is 12.3. The molecule has 1 aliphatic carbocycles. The van der Waals surface area contributed by atoms with Gasteiger partial charge in [-0.15, -0.1) is 0 Å². The molecule has 0 N–H and O–H groups in total.